The fourth-order valence-electron chi connectivity index (χ4n) is 3.25. The van der Waals surface area contributed by atoms with Gasteiger partial charge in [0.15, 0.2) is 0 Å². The molecule has 0 atom stereocenters. The van der Waals surface area contributed by atoms with E-state index in [9.17, 15) is 9.59 Å². The fourth-order valence-corrected chi connectivity index (χ4v) is 3.25. The average Bonchev–Trinajstić information content (AvgIpc) is 3.01. The molecule has 1 aliphatic rings. The Morgan fingerprint density at radius 3 is 2.30 bits per heavy atom. The van der Waals surface area contributed by atoms with E-state index in [1.807, 2.05) is 66.7 Å². The highest BCUT2D eigenvalue weighted by molar-refractivity contribution is 6.02. The predicted octanol–water partition coefficient (Wildman–Crippen LogP) is 4.41. The van der Waals surface area contributed by atoms with E-state index >= 15 is 0 Å². The standard InChI is InChI=1S/C23H19NO3/c25-22-13-14-23(26)24(22)16-20(27-19-10-2-1-3-11-19)15-18-9-6-8-17-7-4-5-12-21(17)18/h1-12,15H,13-14,16H2/b20-15-. The van der Waals surface area contributed by atoms with E-state index in [2.05, 4.69) is 12.1 Å². The lowest BCUT2D eigenvalue weighted by Gasteiger charge is -2.17. The summed E-state index contributed by atoms with van der Waals surface area (Å²) in [6.45, 7) is 0.135. The summed E-state index contributed by atoms with van der Waals surface area (Å²) < 4.78 is 6.04. The van der Waals surface area contributed by atoms with Crippen molar-refractivity contribution in [3.8, 4) is 5.75 Å². The van der Waals surface area contributed by atoms with Gasteiger partial charge in [-0.3, -0.25) is 14.5 Å². The molecule has 1 fully saturated rings. The van der Waals surface area contributed by atoms with Crippen molar-refractivity contribution in [2.75, 3.05) is 6.54 Å². The third-order valence-electron chi connectivity index (χ3n) is 4.60. The molecule has 0 spiro atoms. The van der Waals surface area contributed by atoms with Gasteiger partial charge in [0.2, 0.25) is 11.8 Å². The zero-order valence-electron chi connectivity index (χ0n) is 14.8. The Balaban J connectivity index is 1.73. The SMILES string of the molecule is O=C1CCC(=O)N1C/C(=C/c1cccc2ccccc12)Oc1ccccc1. The summed E-state index contributed by atoms with van der Waals surface area (Å²) in [5, 5.41) is 2.21. The van der Waals surface area contributed by atoms with E-state index in [0.717, 1.165) is 16.3 Å². The number of carbonyl (C=O) groups excluding carboxylic acids is 2. The Bertz CT molecular complexity index is 1000. The number of rotatable bonds is 5. The summed E-state index contributed by atoms with van der Waals surface area (Å²) >= 11 is 0. The Morgan fingerprint density at radius 1 is 0.852 bits per heavy atom. The van der Waals surface area contributed by atoms with Crippen LogP contribution >= 0.6 is 0 Å². The van der Waals surface area contributed by atoms with Gasteiger partial charge in [0, 0.05) is 12.8 Å². The molecule has 3 aromatic rings. The Morgan fingerprint density at radius 2 is 1.52 bits per heavy atom. The summed E-state index contributed by atoms with van der Waals surface area (Å²) in [4.78, 5) is 25.4. The van der Waals surface area contributed by atoms with Gasteiger partial charge >= 0.3 is 0 Å². The molecule has 1 aliphatic heterocycles. The molecular weight excluding hydrogens is 338 g/mol. The molecule has 0 bridgehead atoms. The van der Waals surface area contributed by atoms with E-state index in [1.165, 1.54) is 4.90 Å². The number of nitrogens with zero attached hydrogens (tertiary/aromatic N) is 1. The molecule has 4 heteroatoms. The van der Waals surface area contributed by atoms with Crippen LogP contribution < -0.4 is 4.74 Å². The van der Waals surface area contributed by atoms with Gasteiger partial charge in [0.05, 0.1) is 6.54 Å². The lowest BCUT2D eigenvalue weighted by molar-refractivity contribution is -0.138. The smallest absolute Gasteiger partial charge is 0.230 e. The van der Waals surface area contributed by atoms with E-state index in [-0.39, 0.29) is 31.2 Å². The molecule has 0 aliphatic carbocycles. The summed E-state index contributed by atoms with van der Waals surface area (Å²) in [6.07, 6.45) is 2.45. The minimum absolute atomic E-state index is 0.135. The molecular formula is C23H19NO3. The van der Waals surface area contributed by atoms with E-state index in [4.69, 9.17) is 4.74 Å². The third-order valence-corrected chi connectivity index (χ3v) is 4.60. The first-order chi connectivity index (χ1) is 13.2. The number of fused-ring (bicyclic) bond motifs is 1. The highest BCUT2D eigenvalue weighted by Crippen LogP contribution is 2.24. The van der Waals surface area contributed by atoms with Gasteiger partial charge in [-0.2, -0.15) is 0 Å². The Labute approximate surface area is 157 Å². The number of likely N-dealkylation sites (tertiary alicyclic amines) is 1. The van der Waals surface area contributed by atoms with Crippen LogP contribution in [0.3, 0.4) is 0 Å². The maximum absolute atomic E-state index is 12.1. The second-order valence-electron chi connectivity index (χ2n) is 6.47. The number of benzene rings is 3. The first kappa shape index (κ1) is 17.0. The number of ether oxygens (including phenoxy) is 1. The molecule has 27 heavy (non-hydrogen) atoms. The van der Waals surface area contributed by atoms with Crippen LogP contribution in [0.25, 0.3) is 16.8 Å². The second-order valence-corrected chi connectivity index (χ2v) is 6.47. The predicted molar refractivity (Wildman–Crippen MR) is 105 cm³/mol. The summed E-state index contributed by atoms with van der Waals surface area (Å²) in [5.41, 5.74) is 0.984. The number of hydrogen-bond acceptors (Lipinski definition) is 3. The van der Waals surface area contributed by atoms with Crippen LogP contribution in [0.4, 0.5) is 0 Å². The van der Waals surface area contributed by atoms with Gasteiger partial charge in [-0.1, -0.05) is 60.7 Å². The monoisotopic (exact) mass is 357 g/mol. The first-order valence-electron chi connectivity index (χ1n) is 8.95. The topological polar surface area (TPSA) is 46.6 Å². The van der Waals surface area contributed by atoms with Gasteiger partial charge in [-0.25, -0.2) is 0 Å². The maximum Gasteiger partial charge on any atom is 0.230 e. The van der Waals surface area contributed by atoms with Gasteiger partial charge in [-0.15, -0.1) is 0 Å². The molecule has 1 saturated heterocycles. The van der Waals surface area contributed by atoms with Gasteiger partial charge in [0.1, 0.15) is 11.5 Å². The van der Waals surface area contributed by atoms with Crippen molar-refractivity contribution in [2.45, 2.75) is 12.8 Å². The van der Waals surface area contributed by atoms with E-state index in [0.29, 0.717) is 11.5 Å². The quantitative estimate of drug-likeness (QED) is 0.502. The van der Waals surface area contributed by atoms with E-state index in [1.54, 1.807) is 0 Å². The highest BCUT2D eigenvalue weighted by atomic mass is 16.5. The maximum atomic E-state index is 12.1. The molecule has 3 aromatic carbocycles. The van der Waals surface area contributed by atoms with Gasteiger partial charge in [0.25, 0.3) is 0 Å². The van der Waals surface area contributed by atoms with Crippen molar-refractivity contribution < 1.29 is 14.3 Å². The van der Waals surface area contributed by atoms with Crippen molar-refractivity contribution in [1.29, 1.82) is 0 Å². The van der Waals surface area contributed by atoms with Crippen molar-refractivity contribution in [3.63, 3.8) is 0 Å². The number of para-hydroxylation sites is 1. The van der Waals surface area contributed by atoms with Crippen LogP contribution in [0.5, 0.6) is 5.75 Å². The first-order valence-corrected chi connectivity index (χ1v) is 8.95. The summed E-state index contributed by atoms with van der Waals surface area (Å²) in [7, 11) is 0. The second kappa shape index (κ2) is 7.46. The molecule has 4 rings (SSSR count). The molecule has 4 nitrogen and oxygen atoms in total. The molecule has 2 amide bonds. The normalized spacial score (nSPS) is 14.8. The van der Waals surface area contributed by atoms with E-state index < -0.39 is 0 Å². The third kappa shape index (κ3) is 3.75. The van der Waals surface area contributed by atoms with Crippen molar-refractivity contribution in [3.05, 3.63) is 84.1 Å². The molecule has 1 heterocycles. The Kier molecular flexibility index (Phi) is 4.71. The number of imide groups is 1. The Hall–Kier alpha value is -3.40. The summed E-state index contributed by atoms with van der Waals surface area (Å²) in [5.74, 6) is 0.921. The fraction of sp³-hybridized carbons (Fsp3) is 0.130. The molecule has 134 valence electrons. The molecule has 0 aromatic heterocycles. The van der Waals surface area contributed by atoms with Crippen LogP contribution in [-0.2, 0) is 9.59 Å². The van der Waals surface area contributed by atoms with Gasteiger partial charge in [-0.05, 0) is 34.5 Å². The molecule has 0 saturated carbocycles. The number of hydrogen-bond donors (Lipinski definition) is 0. The highest BCUT2D eigenvalue weighted by Gasteiger charge is 2.29. The van der Waals surface area contributed by atoms with Crippen molar-refractivity contribution in [1.82, 2.24) is 4.90 Å². The summed E-state index contributed by atoms with van der Waals surface area (Å²) in [6, 6.07) is 23.5. The molecule has 0 radical (unpaired) electrons. The van der Waals surface area contributed by atoms with Crippen molar-refractivity contribution >= 4 is 28.7 Å². The zero-order chi connectivity index (χ0) is 18.6. The molecule has 0 unspecified atom stereocenters. The van der Waals surface area contributed by atoms with Crippen LogP contribution in [0.1, 0.15) is 18.4 Å². The number of amides is 2. The van der Waals surface area contributed by atoms with Crippen molar-refractivity contribution in [2.24, 2.45) is 0 Å². The van der Waals surface area contributed by atoms with Crippen LogP contribution in [0.15, 0.2) is 78.6 Å². The van der Waals surface area contributed by atoms with Crippen LogP contribution in [0.2, 0.25) is 0 Å². The lowest BCUT2D eigenvalue weighted by atomic mass is 10.0. The molecule has 0 N–H and O–H groups in total. The average molecular weight is 357 g/mol. The van der Waals surface area contributed by atoms with Gasteiger partial charge < -0.3 is 4.74 Å². The minimum Gasteiger partial charge on any atom is -0.460 e. The number of carbonyl (C=O) groups is 2. The zero-order valence-corrected chi connectivity index (χ0v) is 14.8. The van der Waals surface area contributed by atoms with Crippen LogP contribution in [-0.4, -0.2) is 23.3 Å². The largest absolute Gasteiger partial charge is 0.460 e. The minimum atomic E-state index is -0.152. The lowest BCUT2D eigenvalue weighted by Crippen LogP contribution is -2.32. The van der Waals surface area contributed by atoms with Crippen LogP contribution in [0, 0.1) is 0 Å².